The summed E-state index contributed by atoms with van der Waals surface area (Å²) in [6, 6.07) is 13.2. The standard InChI is InChI=1S/C25H33N2O3/c1-7-24(3,4)18-13-14-22(19(15-18)25(5,6)8-2)30-16-23(29)27-21-12-10-9-11-20(21)26-17-28/h9-15H,7-8,16H2,1-6H3,(H,26,28)(H,27,29). The molecule has 0 aromatic heterocycles. The number of benzene rings is 2. The second kappa shape index (κ2) is 9.79. The topological polar surface area (TPSA) is 67.4 Å². The third-order valence-electron chi connectivity index (χ3n) is 6.00. The maximum atomic E-state index is 12.5. The number of carbonyl (C=O) groups is 1. The molecular formula is C25H33N2O3. The molecule has 0 aliphatic heterocycles. The van der Waals surface area contributed by atoms with Crippen molar-refractivity contribution in [3.05, 3.63) is 53.6 Å². The van der Waals surface area contributed by atoms with Gasteiger partial charge in [0.05, 0.1) is 11.4 Å². The first kappa shape index (κ1) is 23.5. The van der Waals surface area contributed by atoms with E-state index in [-0.39, 0.29) is 23.3 Å². The summed E-state index contributed by atoms with van der Waals surface area (Å²) in [7, 11) is 0. The largest absolute Gasteiger partial charge is 0.483 e. The lowest BCUT2D eigenvalue weighted by molar-refractivity contribution is -0.118. The molecule has 0 aliphatic carbocycles. The molecule has 0 saturated carbocycles. The van der Waals surface area contributed by atoms with Gasteiger partial charge in [-0.25, -0.2) is 0 Å². The van der Waals surface area contributed by atoms with Gasteiger partial charge in [0, 0.05) is 5.56 Å². The number of amides is 2. The van der Waals surface area contributed by atoms with Crippen molar-refractivity contribution in [2.24, 2.45) is 0 Å². The van der Waals surface area contributed by atoms with Gasteiger partial charge in [0.15, 0.2) is 6.61 Å². The zero-order valence-electron chi connectivity index (χ0n) is 18.9. The Balaban J connectivity index is 2.21. The Kier molecular flexibility index (Phi) is 7.65. The summed E-state index contributed by atoms with van der Waals surface area (Å²) in [4.78, 5) is 23.1. The first-order valence-corrected chi connectivity index (χ1v) is 10.4. The van der Waals surface area contributed by atoms with Gasteiger partial charge >= 0.3 is 6.41 Å². The van der Waals surface area contributed by atoms with Crippen LogP contribution in [0.5, 0.6) is 5.75 Å². The van der Waals surface area contributed by atoms with Crippen LogP contribution < -0.4 is 15.4 Å². The molecular weight excluding hydrogens is 376 g/mol. The summed E-state index contributed by atoms with van der Waals surface area (Å²) in [5.41, 5.74) is 3.35. The molecule has 0 fully saturated rings. The molecule has 0 atom stereocenters. The third-order valence-corrected chi connectivity index (χ3v) is 6.00. The van der Waals surface area contributed by atoms with Crippen LogP contribution in [-0.2, 0) is 20.4 Å². The van der Waals surface area contributed by atoms with Crippen LogP contribution in [0.4, 0.5) is 11.4 Å². The van der Waals surface area contributed by atoms with Crippen molar-refractivity contribution in [2.45, 2.75) is 65.2 Å². The molecule has 0 unspecified atom stereocenters. The van der Waals surface area contributed by atoms with Gasteiger partial charge < -0.3 is 15.4 Å². The summed E-state index contributed by atoms with van der Waals surface area (Å²) in [6.07, 6.45) is 3.61. The SMILES string of the molecule is CCC(C)(C)c1ccc(OCC(=O)Nc2ccccc2N[C]=O)c(C(C)(C)CC)c1. The first-order valence-electron chi connectivity index (χ1n) is 10.4. The summed E-state index contributed by atoms with van der Waals surface area (Å²) >= 11 is 0. The highest BCUT2D eigenvalue weighted by Crippen LogP contribution is 2.38. The van der Waals surface area contributed by atoms with Gasteiger partial charge in [0.1, 0.15) is 5.75 Å². The molecule has 2 N–H and O–H groups in total. The lowest BCUT2D eigenvalue weighted by Crippen LogP contribution is -2.24. The minimum atomic E-state index is -0.298. The highest BCUT2D eigenvalue weighted by molar-refractivity contribution is 5.96. The quantitative estimate of drug-likeness (QED) is 0.505. The molecule has 2 rings (SSSR count). The van der Waals surface area contributed by atoms with Crippen LogP contribution in [0.1, 0.15) is 65.5 Å². The number of rotatable bonds is 10. The van der Waals surface area contributed by atoms with Crippen LogP contribution in [0, 0.1) is 0 Å². The van der Waals surface area contributed by atoms with Gasteiger partial charge in [-0.15, -0.1) is 0 Å². The van der Waals surface area contributed by atoms with Gasteiger partial charge in [0.2, 0.25) is 0 Å². The predicted molar refractivity (Wildman–Crippen MR) is 123 cm³/mol. The van der Waals surface area contributed by atoms with Gasteiger partial charge in [0.25, 0.3) is 5.91 Å². The number of hydrogen-bond acceptors (Lipinski definition) is 3. The Labute approximate surface area is 180 Å². The van der Waals surface area contributed by atoms with E-state index >= 15 is 0 Å². The molecule has 161 valence electrons. The second-order valence-electron chi connectivity index (χ2n) is 8.80. The normalized spacial score (nSPS) is 11.7. The zero-order valence-corrected chi connectivity index (χ0v) is 18.9. The van der Waals surface area contributed by atoms with Crippen molar-refractivity contribution in [3.8, 4) is 5.75 Å². The maximum absolute atomic E-state index is 12.5. The smallest absolute Gasteiger partial charge is 0.314 e. The van der Waals surface area contributed by atoms with Crippen LogP contribution in [0.15, 0.2) is 42.5 Å². The third kappa shape index (κ3) is 5.62. The molecule has 0 spiro atoms. The van der Waals surface area contributed by atoms with Crippen molar-refractivity contribution < 1.29 is 14.3 Å². The number of ether oxygens (including phenoxy) is 1. The van der Waals surface area contributed by atoms with Crippen LogP contribution in [0.3, 0.4) is 0 Å². The molecule has 1 radical (unpaired) electrons. The molecule has 0 saturated heterocycles. The fraction of sp³-hybridized carbons (Fsp3) is 0.440. The van der Waals surface area contributed by atoms with Gasteiger partial charge in [-0.1, -0.05) is 65.8 Å². The van der Waals surface area contributed by atoms with E-state index in [0.29, 0.717) is 11.4 Å². The monoisotopic (exact) mass is 409 g/mol. The number of carbonyl (C=O) groups excluding carboxylic acids is 2. The Morgan fingerprint density at radius 2 is 1.60 bits per heavy atom. The van der Waals surface area contributed by atoms with Crippen molar-refractivity contribution in [2.75, 3.05) is 17.2 Å². The number of hydrogen-bond donors (Lipinski definition) is 2. The first-order chi connectivity index (χ1) is 14.1. The number of nitrogens with one attached hydrogen (secondary N) is 2. The minimum absolute atomic E-state index is 0.0702. The van der Waals surface area contributed by atoms with Gasteiger partial charge in [-0.2, -0.15) is 0 Å². The summed E-state index contributed by atoms with van der Waals surface area (Å²) < 4.78 is 5.95. The molecule has 5 heteroatoms. The van der Waals surface area contributed by atoms with E-state index in [1.807, 2.05) is 6.07 Å². The molecule has 30 heavy (non-hydrogen) atoms. The maximum Gasteiger partial charge on any atom is 0.314 e. The minimum Gasteiger partial charge on any atom is -0.483 e. The predicted octanol–water partition coefficient (Wildman–Crippen LogP) is 5.56. The Hall–Kier alpha value is -2.82. The Morgan fingerprint density at radius 3 is 2.20 bits per heavy atom. The molecule has 2 aromatic rings. The number of anilines is 2. The van der Waals surface area contributed by atoms with Crippen LogP contribution in [-0.4, -0.2) is 18.9 Å². The lowest BCUT2D eigenvalue weighted by atomic mass is 9.76. The van der Waals surface area contributed by atoms with Crippen molar-refractivity contribution in [1.29, 1.82) is 0 Å². The average Bonchev–Trinajstić information content (AvgIpc) is 2.73. The molecule has 0 heterocycles. The van der Waals surface area contributed by atoms with E-state index in [1.54, 1.807) is 30.7 Å². The van der Waals surface area contributed by atoms with Crippen molar-refractivity contribution in [1.82, 2.24) is 0 Å². The van der Waals surface area contributed by atoms with Crippen LogP contribution in [0.25, 0.3) is 0 Å². The zero-order chi connectivity index (χ0) is 22.4. The van der Waals surface area contributed by atoms with E-state index in [2.05, 4.69) is 64.3 Å². The summed E-state index contributed by atoms with van der Waals surface area (Å²) in [5, 5.41) is 5.23. The molecule has 0 aliphatic rings. The summed E-state index contributed by atoms with van der Waals surface area (Å²) in [5.74, 6) is 0.425. The van der Waals surface area contributed by atoms with E-state index in [9.17, 15) is 9.59 Å². The van der Waals surface area contributed by atoms with Crippen LogP contribution in [0.2, 0.25) is 0 Å². The Bertz CT molecular complexity index is 888. The van der Waals surface area contributed by atoms with E-state index < -0.39 is 0 Å². The van der Waals surface area contributed by atoms with Crippen molar-refractivity contribution in [3.63, 3.8) is 0 Å². The Morgan fingerprint density at radius 1 is 0.967 bits per heavy atom. The van der Waals surface area contributed by atoms with Crippen molar-refractivity contribution >= 4 is 23.7 Å². The fourth-order valence-corrected chi connectivity index (χ4v) is 3.09. The lowest BCUT2D eigenvalue weighted by Gasteiger charge is -2.30. The average molecular weight is 410 g/mol. The second-order valence-corrected chi connectivity index (χ2v) is 8.80. The molecule has 0 bridgehead atoms. The van der Waals surface area contributed by atoms with E-state index in [4.69, 9.17) is 4.74 Å². The number of para-hydroxylation sites is 2. The highest BCUT2D eigenvalue weighted by atomic mass is 16.5. The molecule has 2 aromatic carbocycles. The van der Waals surface area contributed by atoms with E-state index in [1.165, 1.54) is 5.56 Å². The highest BCUT2D eigenvalue weighted by Gasteiger charge is 2.26. The van der Waals surface area contributed by atoms with Crippen LogP contribution >= 0.6 is 0 Å². The van der Waals surface area contributed by atoms with E-state index in [0.717, 1.165) is 24.2 Å². The molecule has 5 nitrogen and oxygen atoms in total. The van der Waals surface area contributed by atoms with Gasteiger partial charge in [-0.3, -0.25) is 9.59 Å². The fourth-order valence-electron chi connectivity index (χ4n) is 3.09. The molecule has 2 amide bonds. The van der Waals surface area contributed by atoms with Gasteiger partial charge in [-0.05, 0) is 47.4 Å². The summed E-state index contributed by atoms with van der Waals surface area (Å²) in [6.45, 7) is 13.1.